The lowest BCUT2D eigenvalue weighted by Crippen LogP contribution is -2.43. The molecular weight excluding hydrogens is 334 g/mol. The molecule has 3 nitrogen and oxygen atoms in total. The van der Waals surface area contributed by atoms with Gasteiger partial charge in [-0.3, -0.25) is 9.80 Å². The fourth-order valence-electron chi connectivity index (χ4n) is 3.74. The van der Waals surface area contributed by atoms with Crippen LogP contribution in [0.2, 0.25) is 0 Å². The van der Waals surface area contributed by atoms with Crippen molar-refractivity contribution in [3.63, 3.8) is 0 Å². The molecule has 2 aliphatic rings. The number of nitrogens with zero attached hydrogens (tertiary/aromatic N) is 2. The Labute approximate surface area is 134 Å². The molecule has 3 heterocycles. The van der Waals surface area contributed by atoms with Crippen molar-refractivity contribution in [1.29, 1.82) is 0 Å². The van der Waals surface area contributed by atoms with Gasteiger partial charge in [-0.2, -0.15) is 0 Å². The van der Waals surface area contributed by atoms with Gasteiger partial charge < -0.3 is 5.73 Å². The van der Waals surface area contributed by atoms with Crippen LogP contribution < -0.4 is 5.73 Å². The number of fused-ring (bicyclic) bond motifs is 1. The molecule has 0 amide bonds. The molecule has 20 heavy (non-hydrogen) atoms. The van der Waals surface area contributed by atoms with Crippen LogP contribution in [0.4, 0.5) is 0 Å². The fourth-order valence-corrected chi connectivity index (χ4v) is 5.44. The van der Waals surface area contributed by atoms with Gasteiger partial charge in [0.1, 0.15) is 0 Å². The van der Waals surface area contributed by atoms with E-state index in [0.29, 0.717) is 6.04 Å². The highest BCUT2D eigenvalue weighted by atomic mass is 79.9. The SMILES string of the molecule is CC(N)C(c1cc(Br)cs1)N1CCCN2CCCC2C1. The molecule has 0 spiro atoms. The van der Waals surface area contributed by atoms with Crippen LogP contribution in [0.25, 0.3) is 0 Å². The predicted octanol–water partition coefficient (Wildman–Crippen LogP) is 3.07. The van der Waals surface area contributed by atoms with Crippen molar-refractivity contribution < 1.29 is 0 Å². The fraction of sp³-hybridized carbons (Fsp3) is 0.733. The first-order chi connectivity index (χ1) is 9.65. The van der Waals surface area contributed by atoms with Crippen LogP contribution in [0, 0.1) is 0 Å². The lowest BCUT2D eigenvalue weighted by molar-refractivity contribution is 0.159. The van der Waals surface area contributed by atoms with E-state index in [0.717, 1.165) is 6.04 Å². The lowest BCUT2D eigenvalue weighted by Gasteiger charge is -2.34. The van der Waals surface area contributed by atoms with Crippen molar-refractivity contribution in [3.05, 3.63) is 20.8 Å². The minimum atomic E-state index is 0.175. The van der Waals surface area contributed by atoms with Gasteiger partial charge in [-0.15, -0.1) is 11.3 Å². The highest BCUT2D eigenvalue weighted by Gasteiger charge is 2.33. The lowest BCUT2D eigenvalue weighted by atomic mass is 10.1. The van der Waals surface area contributed by atoms with Crippen molar-refractivity contribution in [3.8, 4) is 0 Å². The molecule has 0 aromatic carbocycles. The zero-order valence-corrected chi connectivity index (χ0v) is 14.5. The van der Waals surface area contributed by atoms with Gasteiger partial charge in [0.25, 0.3) is 0 Å². The summed E-state index contributed by atoms with van der Waals surface area (Å²) in [7, 11) is 0. The van der Waals surface area contributed by atoms with Gasteiger partial charge in [0, 0.05) is 39.9 Å². The maximum absolute atomic E-state index is 6.33. The molecular formula is C15H24BrN3S. The van der Waals surface area contributed by atoms with Crippen molar-refractivity contribution in [2.24, 2.45) is 5.73 Å². The molecule has 3 unspecified atom stereocenters. The van der Waals surface area contributed by atoms with Gasteiger partial charge in [0.15, 0.2) is 0 Å². The van der Waals surface area contributed by atoms with Gasteiger partial charge in [-0.1, -0.05) is 0 Å². The third-order valence-corrected chi connectivity index (χ3v) is 6.37. The molecule has 2 saturated heterocycles. The molecule has 2 aliphatic heterocycles. The van der Waals surface area contributed by atoms with E-state index in [1.807, 2.05) is 11.3 Å². The van der Waals surface area contributed by atoms with Crippen LogP contribution in [0.1, 0.15) is 37.1 Å². The second-order valence-electron chi connectivity index (χ2n) is 6.15. The van der Waals surface area contributed by atoms with Crippen molar-refractivity contribution in [2.45, 2.75) is 44.3 Å². The quantitative estimate of drug-likeness (QED) is 0.901. The van der Waals surface area contributed by atoms with Crippen LogP contribution in [0.15, 0.2) is 15.9 Å². The number of hydrogen-bond acceptors (Lipinski definition) is 4. The summed E-state index contributed by atoms with van der Waals surface area (Å²) in [4.78, 5) is 6.72. The van der Waals surface area contributed by atoms with E-state index in [1.54, 1.807) is 0 Å². The standard InChI is InChI=1S/C15H24BrN3S/c1-11(17)15(14-8-12(16)10-20-14)19-7-3-6-18-5-2-4-13(18)9-19/h8,10-11,13,15H,2-7,9,17H2,1H3. The number of rotatable bonds is 3. The predicted molar refractivity (Wildman–Crippen MR) is 89.2 cm³/mol. The number of hydrogen-bond donors (Lipinski definition) is 1. The summed E-state index contributed by atoms with van der Waals surface area (Å²) in [5.41, 5.74) is 6.33. The van der Waals surface area contributed by atoms with Crippen molar-refractivity contribution in [1.82, 2.24) is 9.80 Å². The average Bonchev–Trinajstić information content (AvgIpc) is 2.95. The highest BCUT2D eigenvalue weighted by Crippen LogP contribution is 2.33. The molecule has 2 N–H and O–H groups in total. The third kappa shape index (κ3) is 3.12. The Morgan fingerprint density at radius 3 is 2.85 bits per heavy atom. The average molecular weight is 358 g/mol. The van der Waals surface area contributed by atoms with E-state index in [9.17, 15) is 0 Å². The molecule has 3 rings (SSSR count). The van der Waals surface area contributed by atoms with E-state index < -0.39 is 0 Å². The van der Waals surface area contributed by atoms with Gasteiger partial charge in [-0.05, 0) is 61.3 Å². The first kappa shape index (κ1) is 15.0. The van der Waals surface area contributed by atoms with Gasteiger partial charge in [0.05, 0.1) is 6.04 Å². The minimum Gasteiger partial charge on any atom is -0.326 e. The molecule has 0 radical (unpaired) electrons. The monoisotopic (exact) mass is 357 g/mol. The molecule has 5 heteroatoms. The molecule has 0 bridgehead atoms. The van der Waals surface area contributed by atoms with Crippen molar-refractivity contribution in [2.75, 3.05) is 26.2 Å². The van der Waals surface area contributed by atoms with Gasteiger partial charge in [-0.25, -0.2) is 0 Å². The minimum absolute atomic E-state index is 0.175. The van der Waals surface area contributed by atoms with Crippen LogP contribution >= 0.6 is 27.3 Å². The van der Waals surface area contributed by atoms with Crippen LogP contribution in [0.5, 0.6) is 0 Å². The van der Waals surface area contributed by atoms with Crippen LogP contribution in [-0.4, -0.2) is 48.1 Å². The maximum Gasteiger partial charge on any atom is 0.0591 e. The number of halogens is 1. The van der Waals surface area contributed by atoms with Gasteiger partial charge >= 0.3 is 0 Å². The zero-order valence-electron chi connectivity index (χ0n) is 12.1. The van der Waals surface area contributed by atoms with E-state index >= 15 is 0 Å². The van der Waals surface area contributed by atoms with E-state index in [1.165, 1.54) is 54.8 Å². The topological polar surface area (TPSA) is 32.5 Å². The summed E-state index contributed by atoms with van der Waals surface area (Å²) in [6, 6.07) is 3.54. The Morgan fingerprint density at radius 2 is 2.15 bits per heavy atom. The molecule has 1 aromatic heterocycles. The Balaban J connectivity index is 1.80. The summed E-state index contributed by atoms with van der Waals surface area (Å²) in [5.74, 6) is 0. The second-order valence-corrected chi connectivity index (χ2v) is 8.01. The van der Waals surface area contributed by atoms with Gasteiger partial charge in [0.2, 0.25) is 0 Å². The highest BCUT2D eigenvalue weighted by molar-refractivity contribution is 9.10. The molecule has 0 aliphatic carbocycles. The summed E-state index contributed by atoms with van der Waals surface area (Å²) in [6.07, 6.45) is 3.99. The number of nitrogens with two attached hydrogens (primary N) is 1. The van der Waals surface area contributed by atoms with Crippen LogP contribution in [-0.2, 0) is 0 Å². The first-order valence-corrected chi connectivity index (χ1v) is 9.30. The summed E-state index contributed by atoms with van der Waals surface area (Å²) in [5, 5.41) is 2.17. The van der Waals surface area contributed by atoms with Crippen LogP contribution in [0.3, 0.4) is 0 Å². The molecule has 3 atom stereocenters. The van der Waals surface area contributed by atoms with E-state index in [2.05, 4.69) is 44.1 Å². The number of thiophene rings is 1. The Hall–Kier alpha value is 0.0600. The second kappa shape index (κ2) is 6.44. The molecule has 2 fully saturated rings. The molecule has 0 saturated carbocycles. The molecule has 112 valence electrons. The summed E-state index contributed by atoms with van der Waals surface area (Å²) in [6.45, 7) is 7.07. The Bertz CT molecular complexity index is 448. The Kier molecular flexibility index (Phi) is 4.82. The largest absolute Gasteiger partial charge is 0.326 e. The van der Waals surface area contributed by atoms with E-state index in [4.69, 9.17) is 5.73 Å². The summed E-state index contributed by atoms with van der Waals surface area (Å²) >= 11 is 5.41. The van der Waals surface area contributed by atoms with E-state index in [-0.39, 0.29) is 6.04 Å². The third-order valence-electron chi connectivity index (χ3n) is 4.61. The smallest absolute Gasteiger partial charge is 0.0591 e. The first-order valence-electron chi connectivity index (χ1n) is 7.63. The maximum atomic E-state index is 6.33. The molecule has 1 aromatic rings. The summed E-state index contributed by atoms with van der Waals surface area (Å²) < 4.78 is 1.18. The Morgan fingerprint density at radius 1 is 1.35 bits per heavy atom. The zero-order chi connectivity index (χ0) is 14.1. The van der Waals surface area contributed by atoms with Crippen molar-refractivity contribution >= 4 is 27.3 Å². The normalized spacial score (nSPS) is 28.1.